The minimum atomic E-state index is -5.09. The van der Waals surface area contributed by atoms with E-state index in [0.29, 0.717) is 0 Å². The van der Waals surface area contributed by atoms with Crippen LogP contribution in [0.5, 0.6) is 0 Å². The standard InChI is InChI=1S/C20H28F3NO3/c1-2-3-4-5-6-7-8-15-9-11-16(12-10-15)13-14-17(18(25)26)24-19(27)20(21,22)23/h9-12,17H,2-8,13-14H2,1H3,(H,24,27)(H,25,26). The SMILES string of the molecule is CCCCCCCCc1ccc(CCC(NC(=O)C(F)(F)F)C(=O)O)cc1. The molecule has 0 saturated heterocycles. The number of halogens is 3. The molecular formula is C20H28F3NO3. The number of carbonyl (C=O) groups excluding carboxylic acids is 1. The smallest absolute Gasteiger partial charge is 0.471 e. The van der Waals surface area contributed by atoms with Crippen molar-refractivity contribution < 1.29 is 27.9 Å². The third kappa shape index (κ3) is 9.45. The zero-order valence-corrected chi connectivity index (χ0v) is 15.6. The third-order valence-corrected chi connectivity index (χ3v) is 4.42. The van der Waals surface area contributed by atoms with Crippen molar-refractivity contribution in [2.45, 2.75) is 76.9 Å². The Morgan fingerprint density at radius 3 is 2.00 bits per heavy atom. The van der Waals surface area contributed by atoms with Gasteiger partial charge in [-0.3, -0.25) is 4.79 Å². The first kappa shape index (κ1) is 23.0. The molecule has 1 atom stereocenters. The number of nitrogens with one attached hydrogen (secondary N) is 1. The number of carboxylic acid groups (broad SMARTS) is 1. The monoisotopic (exact) mass is 387 g/mol. The summed E-state index contributed by atoms with van der Waals surface area (Å²) in [6, 6.07) is 6.08. The highest BCUT2D eigenvalue weighted by Crippen LogP contribution is 2.16. The van der Waals surface area contributed by atoms with Crippen LogP contribution in [0.2, 0.25) is 0 Å². The number of benzene rings is 1. The first-order valence-corrected chi connectivity index (χ1v) is 9.42. The Kier molecular flexibility index (Phi) is 9.89. The maximum atomic E-state index is 12.3. The summed E-state index contributed by atoms with van der Waals surface area (Å²) in [5, 5.41) is 10.5. The Balaban J connectivity index is 2.42. The van der Waals surface area contributed by atoms with E-state index in [-0.39, 0.29) is 12.8 Å². The van der Waals surface area contributed by atoms with Crippen molar-refractivity contribution in [2.24, 2.45) is 0 Å². The summed E-state index contributed by atoms with van der Waals surface area (Å²) in [5.74, 6) is -3.71. The molecule has 7 heteroatoms. The van der Waals surface area contributed by atoms with Gasteiger partial charge in [0.2, 0.25) is 0 Å². The van der Waals surface area contributed by atoms with E-state index >= 15 is 0 Å². The lowest BCUT2D eigenvalue weighted by Crippen LogP contribution is -2.47. The Morgan fingerprint density at radius 2 is 1.48 bits per heavy atom. The summed E-state index contributed by atoms with van der Waals surface area (Å²) in [7, 11) is 0. The van der Waals surface area contributed by atoms with Gasteiger partial charge in [0.25, 0.3) is 0 Å². The molecule has 0 bridgehead atoms. The van der Waals surface area contributed by atoms with Crippen molar-refractivity contribution >= 4 is 11.9 Å². The van der Waals surface area contributed by atoms with Crippen LogP contribution in [0.3, 0.4) is 0 Å². The molecule has 0 fully saturated rings. The fraction of sp³-hybridized carbons (Fsp3) is 0.600. The van der Waals surface area contributed by atoms with Gasteiger partial charge in [-0.2, -0.15) is 13.2 Å². The molecule has 1 aromatic carbocycles. The van der Waals surface area contributed by atoms with Crippen molar-refractivity contribution in [3.63, 3.8) is 0 Å². The highest BCUT2D eigenvalue weighted by Gasteiger charge is 2.40. The molecule has 152 valence electrons. The van der Waals surface area contributed by atoms with E-state index in [1.807, 2.05) is 24.3 Å². The molecule has 1 unspecified atom stereocenters. The molecule has 0 aliphatic carbocycles. The van der Waals surface area contributed by atoms with Crippen molar-refractivity contribution in [1.82, 2.24) is 5.32 Å². The summed E-state index contributed by atoms with van der Waals surface area (Å²) < 4.78 is 36.8. The van der Waals surface area contributed by atoms with Crippen LogP contribution in [-0.4, -0.2) is 29.2 Å². The van der Waals surface area contributed by atoms with Crippen LogP contribution in [0.25, 0.3) is 0 Å². The quantitative estimate of drug-likeness (QED) is 0.513. The van der Waals surface area contributed by atoms with Gasteiger partial charge < -0.3 is 10.4 Å². The zero-order chi connectivity index (χ0) is 20.3. The maximum Gasteiger partial charge on any atom is 0.471 e. The lowest BCUT2D eigenvalue weighted by molar-refractivity contribution is -0.175. The summed E-state index contributed by atoms with van der Waals surface area (Å²) in [6.45, 7) is 2.18. The second-order valence-electron chi connectivity index (χ2n) is 6.73. The van der Waals surface area contributed by atoms with Gasteiger partial charge in [0.05, 0.1) is 0 Å². The van der Waals surface area contributed by atoms with Crippen LogP contribution in [0.1, 0.15) is 63.0 Å². The van der Waals surface area contributed by atoms with Crippen LogP contribution in [0.4, 0.5) is 13.2 Å². The Labute approximate surface area is 158 Å². The van der Waals surface area contributed by atoms with Gasteiger partial charge in [0.15, 0.2) is 0 Å². The first-order valence-electron chi connectivity index (χ1n) is 9.42. The predicted molar refractivity (Wildman–Crippen MR) is 97.5 cm³/mol. The topological polar surface area (TPSA) is 66.4 Å². The molecule has 1 aromatic rings. The van der Waals surface area contributed by atoms with Gasteiger partial charge in [0, 0.05) is 0 Å². The van der Waals surface area contributed by atoms with Gasteiger partial charge in [0.1, 0.15) is 6.04 Å². The van der Waals surface area contributed by atoms with Gasteiger partial charge in [-0.1, -0.05) is 63.3 Å². The number of amides is 1. The van der Waals surface area contributed by atoms with Crippen molar-refractivity contribution in [1.29, 1.82) is 0 Å². The number of carbonyl (C=O) groups is 2. The fourth-order valence-electron chi connectivity index (χ4n) is 2.79. The van der Waals surface area contributed by atoms with Crippen LogP contribution < -0.4 is 5.32 Å². The molecule has 0 heterocycles. The normalized spacial score (nSPS) is 12.6. The first-order chi connectivity index (χ1) is 12.7. The van der Waals surface area contributed by atoms with E-state index in [4.69, 9.17) is 5.11 Å². The van der Waals surface area contributed by atoms with Crippen molar-refractivity contribution in [3.05, 3.63) is 35.4 Å². The summed E-state index contributed by atoms with van der Waals surface area (Å²) in [6.07, 6.45) is 3.38. The molecular weight excluding hydrogens is 359 g/mol. The lowest BCUT2D eigenvalue weighted by Gasteiger charge is -2.15. The molecule has 0 aromatic heterocycles. The molecule has 0 aliphatic heterocycles. The molecule has 1 rings (SSSR count). The van der Waals surface area contributed by atoms with E-state index in [2.05, 4.69) is 6.92 Å². The van der Waals surface area contributed by atoms with Crippen LogP contribution >= 0.6 is 0 Å². The minimum Gasteiger partial charge on any atom is -0.480 e. The van der Waals surface area contributed by atoms with Gasteiger partial charge in [-0.05, 0) is 36.8 Å². The van der Waals surface area contributed by atoms with E-state index < -0.39 is 24.1 Å². The molecule has 4 nitrogen and oxygen atoms in total. The number of unbranched alkanes of at least 4 members (excludes halogenated alkanes) is 5. The number of hydrogen-bond donors (Lipinski definition) is 2. The second kappa shape index (κ2) is 11.6. The number of alkyl halides is 3. The molecule has 0 radical (unpaired) electrons. The highest BCUT2D eigenvalue weighted by molar-refractivity contribution is 5.86. The van der Waals surface area contributed by atoms with Crippen LogP contribution in [-0.2, 0) is 22.4 Å². The Morgan fingerprint density at radius 1 is 0.963 bits per heavy atom. The van der Waals surface area contributed by atoms with Gasteiger partial charge in [-0.25, -0.2) is 4.79 Å². The minimum absolute atomic E-state index is 0.103. The molecule has 0 saturated carbocycles. The number of rotatable bonds is 12. The second-order valence-corrected chi connectivity index (χ2v) is 6.73. The average molecular weight is 387 g/mol. The Bertz CT molecular complexity index is 585. The van der Waals surface area contributed by atoms with E-state index in [9.17, 15) is 22.8 Å². The van der Waals surface area contributed by atoms with Crippen LogP contribution in [0.15, 0.2) is 24.3 Å². The van der Waals surface area contributed by atoms with E-state index in [0.717, 1.165) is 18.4 Å². The Hall–Kier alpha value is -2.05. The molecule has 1 amide bonds. The molecule has 27 heavy (non-hydrogen) atoms. The molecule has 0 aliphatic rings. The van der Waals surface area contributed by atoms with Crippen LogP contribution in [0, 0.1) is 0 Å². The average Bonchev–Trinajstić information content (AvgIpc) is 2.61. The number of carboxylic acids is 1. The summed E-state index contributed by atoms with van der Waals surface area (Å²) in [5.41, 5.74) is 2.02. The number of aryl methyl sites for hydroxylation is 2. The van der Waals surface area contributed by atoms with Crippen molar-refractivity contribution in [3.8, 4) is 0 Å². The van der Waals surface area contributed by atoms with Gasteiger partial charge in [-0.15, -0.1) is 0 Å². The largest absolute Gasteiger partial charge is 0.480 e. The number of aliphatic carboxylic acids is 1. The summed E-state index contributed by atoms with van der Waals surface area (Å²) in [4.78, 5) is 22.0. The zero-order valence-electron chi connectivity index (χ0n) is 15.6. The third-order valence-electron chi connectivity index (χ3n) is 4.42. The predicted octanol–water partition coefficient (Wildman–Crippen LogP) is 4.65. The molecule has 0 spiro atoms. The maximum absolute atomic E-state index is 12.3. The highest BCUT2D eigenvalue weighted by atomic mass is 19.4. The van der Waals surface area contributed by atoms with E-state index in [1.165, 1.54) is 43.0 Å². The van der Waals surface area contributed by atoms with Crippen molar-refractivity contribution in [2.75, 3.05) is 0 Å². The molecule has 2 N–H and O–H groups in total. The lowest BCUT2D eigenvalue weighted by atomic mass is 10.0. The summed E-state index contributed by atoms with van der Waals surface area (Å²) >= 11 is 0. The fourth-order valence-corrected chi connectivity index (χ4v) is 2.79. The van der Waals surface area contributed by atoms with Gasteiger partial charge >= 0.3 is 18.1 Å². The number of hydrogen-bond acceptors (Lipinski definition) is 2. The van der Waals surface area contributed by atoms with E-state index in [1.54, 1.807) is 0 Å².